The van der Waals surface area contributed by atoms with Gasteiger partial charge in [0.15, 0.2) is 5.13 Å². The minimum absolute atomic E-state index is 0.212. The zero-order valence-corrected chi connectivity index (χ0v) is 14.6. The van der Waals surface area contributed by atoms with Crippen LogP contribution in [0.25, 0.3) is 32.5 Å². The molecule has 0 fully saturated rings. The summed E-state index contributed by atoms with van der Waals surface area (Å²) in [5, 5.41) is 10.5. The van der Waals surface area contributed by atoms with Crippen molar-refractivity contribution in [3.8, 4) is 11.3 Å². The predicted octanol–water partition coefficient (Wildman–Crippen LogP) is 3.73. The van der Waals surface area contributed by atoms with Crippen LogP contribution in [0.4, 0.5) is 20.1 Å². The Hall–Kier alpha value is -3.27. The smallest absolute Gasteiger partial charge is 0.376 e. The van der Waals surface area contributed by atoms with Gasteiger partial charge in [-0.3, -0.25) is 10.4 Å². The van der Waals surface area contributed by atoms with Crippen LogP contribution in [0.2, 0.25) is 0 Å². The molecule has 1 amide bonds. The number of hydrogen-bond donors (Lipinski definition) is 2. The number of nitrogens with one attached hydrogen (secondary N) is 2. The minimum atomic E-state index is -1.22. The fourth-order valence-corrected chi connectivity index (χ4v) is 3.57. The Kier molecular flexibility index (Phi) is 3.88. The van der Waals surface area contributed by atoms with Crippen molar-refractivity contribution in [1.82, 2.24) is 20.2 Å². The summed E-state index contributed by atoms with van der Waals surface area (Å²) in [6.45, 7) is 0. The van der Waals surface area contributed by atoms with Crippen molar-refractivity contribution in [3.05, 3.63) is 30.5 Å². The number of H-pyrrole nitrogens is 1. The van der Waals surface area contributed by atoms with E-state index in [2.05, 4.69) is 30.4 Å². The number of aromatic nitrogens is 4. The number of rotatable bonds is 3. The monoisotopic (exact) mass is 372 g/mol. The van der Waals surface area contributed by atoms with Gasteiger partial charge in [0.2, 0.25) is 0 Å². The second-order valence-electron chi connectivity index (χ2n) is 5.71. The SMILES string of the molecule is CN(C)c1ccc(-c2ccc3nc(NC(=O)OF)sc3n2)c2cn[nH]c12. The summed E-state index contributed by atoms with van der Waals surface area (Å²) in [6, 6.07) is 7.63. The molecule has 4 rings (SSSR count). The molecule has 8 nitrogen and oxygen atoms in total. The molecule has 132 valence electrons. The Morgan fingerprint density at radius 1 is 1.27 bits per heavy atom. The third-order valence-corrected chi connectivity index (χ3v) is 4.77. The van der Waals surface area contributed by atoms with Gasteiger partial charge in [-0.1, -0.05) is 11.3 Å². The number of aromatic amines is 1. The van der Waals surface area contributed by atoms with Crippen LogP contribution in [0.5, 0.6) is 0 Å². The highest BCUT2D eigenvalue weighted by molar-refractivity contribution is 7.21. The molecule has 1 aromatic carbocycles. The summed E-state index contributed by atoms with van der Waals surface area (Å²) < 4.78 is 11.9. The molecule has 0 saturated heterocycles. The first-order chi connectivity index (χ1) is 12.6. The maximum absolute atomic E-state index is 11.9. The summed E-state index contributed by atoms with van der Waals surface area (Å²) in [5.74, 6) is 0. The molecule has 0 atom stereocenters. The molecule has 0 saturated carbocycles. The van der Waals surface area contributed by atoms with Crippen molar-refractivity contribution in [2.75, 3.05) is 24.3 Å². The lowest BCUT2D eigenvalue weighted by molar-refractivity contribution is -0.0544. The van der Waals surface area contributed by atoms with Crippen LogP contribution in [0, 0.1) is 0 Å². The van der Waals surface area contributed by atoms with Gasteiger partial charge < -0.3 is 4.90 Å². The fraction of sp³-hybridized carbons (Fsp3) is 0.125. The molecule has 0 radical (unpaired) electrons. The van der Waals surface area contributed by atoms with Gasteiger partial charge in [-0.05, 0) is 24.3 Å². The molecule has 0 aliphatic rings. The zero-order chi connectivity index (χ0) is 18.3. The van der Waals surface area contributed by atoms with Gasteiger partial charge in [-0.15, -0.1) is 0 Å². The maximum Gasteiger partial charge on any atom is 0.450 e. The molecule has 3 heterocycles. The van der Waals surface area contributed by atoms with Gasteiger partial charge >= 0.3 is 6.09 Å². The lowest BCUT2D eigenvalue weighted by Gasteiger charge is -2.14. The number of hydrogen-bond acceptors (Lipinski definition) is 7. The Labute approximate surface area is 150 Å². The largest absolute Gasteiger partial charge is 0.450 e. The van der Waals surface area contributed by atoms with Crippen LogP contribution < -0.4 is 10.2 Å². The third-order valence-electron chi connectivity index (χ3n) is 3.89. The number of carbonyl (C=O) groups is 1. The number of fused-ring (bicyclic) bond motifs is 2. The average molecular weight is 372 g/mol. The summed E-state index contributed by atoms with van der Waals surface area (Å²) in [7, 11) is 3.93. The minimum Gasteiger partial charge on any atom is -0.376 e. The predicted molar refractivity (Wildman–Crippen MR) is 98.0 cm³/mol. The van der Waals surface area contributed by atoms with Crippen LogP contribution in [-0.2, 0) is 4.94 Å². The lowest BCUT2D eigenvalue weighted by atomic mass is 10.1. The number of halogens is 1. The van der Waals surface area contributed by atoms with Gasteiger partial charge in [0.05, 0.1) is 23.1 Å². The van der Waals surface area contributed by atoms with Crippen LogP contribution in [0.3, 0.4) is 0 Å². The van der Waals surface area contributed by atoms with Gasteiger partial charge in [0.25, 0.3) is 0 Å². The number of carbonyl (C=O) groups excluding carboxylic acids is 1. The van der Waals surface area contributed by atoms with Crippen molar-refractivity contribution in [1.29, 1.82) is 0 Å². The maximum atomic E-state index is 11.9. The highest BCUT2D eigenvalue weighted by Gasteiger charge is 2.14. The van der Waals surface area contributed by atoms with Crippen LogP contribution in [-0.4, -0.2) is 40.4 Å². The van der Waals surface area contributed by atoms with E-state index >= 15 is 0 Å². The zero-order valence-electron chi connectivity index (χ0n) is 13.8. The standard InChI is InChI=1S/C16H13FN6O2S/c1-23(2)12-6-3-8(9-7-18-22-13(9)12)10-4-5-11-14(19-10)26-15(20-11)21-16(24)25-17/h3-7H,1-2H3,(H,18,22)(H,20,21,24). The molecule has 2 N–H and O–H groups in total. The first-order valence-corrected chi connectivity index (χ1v) is 8.39. The van der Waals surface area contributed by atoms with Crippen LogP contribution in [0.1, 0.15) is 0 Å². The van der Waals surface area contributed by atoms with E-state index in [0.717, 1.165) is 39.2 Å². The normalized spacial score (nSPS) is 11.0. The molecule has 4 aromatic rings. The summed E-state index contributed by atoms with van der Waals surface area (Å²) in [4.78, 5) is 25.5. The Balaban J connectivity index is 1.80. The van der Waals surface area contributed by atoms with Crippen molar-refractivity contribution in [3.63, 3.8) is 0 Å². The average Bonchev–Trinajstić information content (AvgIpc) is 3.26. The van der Waals surface area contributed by atoms with Crippen molar-refractivity contribution < 1.29 is 14.3 Å². The molecule has 0 aliphatic heterocycles. The van der Waals surface area contributed by atoms with Crippen molar-refractivity contribution in [2.24, 2.45) is 0 Å². The number of thiazole rings is 1. The highest BCUT2D eigenvalue weighted by atomic mass is 32.1. The van der Waals surface area contributed by atoms with Crippen molar-refractivity contribution in [2.45, 2.75) is 0 Å². The van der Waals surface area contributed by atoms with Crippen LogP contribution >= 0.6 is 11.3 Å². The molecule has 0 spiro atoms. The molecular formula is C16H13FN6O2S. The van der Waals surface area contributed by atoms with E-state index in [0.29, 0.717) is 10.3 Å². The molecule has 10 heteroatoms. The summed E-state index contributed by atoms with van der Waals surface area (Å²) >= 11 is 1.13. The molecule has 0 aliphatic carbocycles. The summed E-state index contributed by atoms with van der Waals surface area (Å²) in [6.07, 6.45) is 0.546. The lowest BCUT2D eigenvalue weighted by Crippen LogP contribution is -2.09. The van der Waals surface area contributed by atoms with Gasteiger partial charge in [-0.25, -0.2) is 19.7 Å². The molecular weight excluding hydrogens is 359 g/mol. The van der Waals surface area contributed by atoms with E-state index in [1.165, 1.54) is 0 Å². The first kappa shape index (κ1) is 16.2. The van der Waals surface area contributed by atoms with E-state index in [9.17, 15) is 9.32 Å². The van der Waals surface area contributed by atoms with Gasteiger partial charge in [-0.2, -0.15) is 5.10 Å². The number of amides is 1. The quantitative estimate of drug-likeness (QED) is 0.569. The second kappa shape index (κ2) is 6.23. The number of anilines is 2. The van der Waals surface area contributed by atoms with Crippen molar-refractivity contribution >= 4 is 49.5 Å². The Bertz CT molecular complexity index is 1120. The summed E-state index contributed by atoms with van der Waals surface area (Å²) in [5.41, 5.74) is 4.22. The van der Waals surface area contributed by atoms with Crippen LogP contribution in [0.15, 0.2) is 30.5 Å². The first-order valence-electron chi connectivity index (χ1n) is 7.58. The number of nitrogens with zero attached hydrogens (tertiary/aromatic N) is 4. The molecule has 3 aromatic heterocycles. The molecule has 26 heavy (non-hydrogen) atoms. The topological polar surface area (TPSA) is 96.0 Å². The van der Waals surface area contributed by atoms with E-state index < -0.39 is 6.09 Å². The fourth-order valence-electron chi connectivity index (χ4n) is 2.74. The Morgan fingerprint density at radius 3 is 2.88 bits per heavy atom. The highest BCUT2D eigenvalue weighted by Crippen LogP contribution is 2.34. The third kappa shape index (κ3) is 2.69. The van der Waals surface area contributed by atoms with E-state index in [1.807, 2.05) is 37.2 Å². The van der Waals surface area contributed by atoms with Gasteiger partial charge in [0, 0.05) is 29.6 Å². The second-order valence-corrected chi connectivity index (χ2v) is 6.69. The number of benzene rings is 1. The van der Waals surface area contributed by atoms with E-state index in [1.54, 1.807) is 12.3 Å². The number of pyridine rings is 1. The van der Waals surface area contributed by atoms with E-state index in [4.69, 9.17) is 0 Å². The molecule has 0 unspecified atom stereocenters. The Morgan fingerprint density at radius 2 is 2.12 bits per heavy atom. The molecule has 0 bridgehead atoms. The van der Waals surface area contributed by atoms with E-state index in [-0.39, 0.29) is 5.13 Å². The van der Waals surface area contributed by atoms with Gasteiger partial charge in [0.1, 0.15) is 10.3 Å².